The second kappa shape index (κ2) is 11.8. The van der Waals surface area contributed by atoms with Gasteiger partial charge >= 0.3 is 6.09 Å². The normalized spacial score (nSPS) is 18.1. The third-order valence-corrected chi connectivity index (χ3v) is 9.11. The molecule has 0 saturated heterocycles. The van der Waals surface area contributed by atoms with Crippen molar-refractivity contribution in [3.8, 4) is 11.1 Å². The largest absolute Gasteiger partial charge is 0.444 e. The molecule has 0 fully saturated rings. The molecule has 4 aromatic carbocycles. The van der Waals surface area contributed by atoms with Gasteiger partial charge in [-0.3, -0.25) is 10.1 Å². The topological polar surface area (TPSA) is 96.9 Å². The number of rotatable bonds is 6. The summed E-state index contributed by atoms with van der Waals surface area (Å²) in [6.45, 7) is 5.26. The number of ether oxygens (including phenoxy) is 1. The zero-order valence-electron chi connectivity index (χ0n) is 23.6. The van der Waals surface area contributed by atoms with Crippen LogP contribution in [0.4, 0.5) is 20.6 Å². The molecule has 4 aromatic rings. The molecule has 9 heteroatoms. The summed E-state index contributed by atoms with van der Waals surface area (Å²) >= 11 is 0. The van der Waals surface area contributed by atoms with E-state index in [0.29, 0.717) is 39.6 Å². The average Bonchev–Trinajstić information content (AvgIpc) is 3.37. The van der Waals surface area contributed by atoms with Gasteiger partial charge in [-0.05, 0) is 92.4 Å². The Balaban J connectivity index is 1.39. The van der Waals surface area contributed by atoms with Crippen molar-refractivity contribution in [1.29, 1.82) is 0 Å². The van der Waals surface area contributed by atoms with Crippen LogP contribution in [0.1, 0.15) is 49.2 Å². The maximum absolute atomic E-state index is 13.6. The Morgan fingerprint density at radius 3 is 2.19 bits per heavy atom. The van der Waals surface area contributed by atoms with Gasteiger partial charge in [-0.2, -0.15) is 0 Å². The fourth-order valence-electron chi connectivity index (χ4n) is 4.67. The van der Waals surface area contributed by atoms with E-state index in [4.69, 9.17) is 4.74 Å². The predicted molar refractivity (Wildman–Crippen MR) is 164 cm³/mol. The second-order valence-electron chi connectivity index (χ2n) is 11.0. The Kier molecular flexibility index (Phi) is 8.13. The van der Waals surface area contributed by atoms with Gasteiger partial charge < -0.3 is 10.1 Å². The summed E-state index contributed by atoms with van der Waals surface area (Å²) in [5, 5.41) is 5.56. The summed E-state index contributed by atoms with van der Waals surface area (Å²) in [4.78, 5) is 26.4. The SMILES string of the molecule is CC(C)(C)OC(=O)Nc1ccc(-c2ccc(F)cc2)cc1NC(=O)c1ccc([S@@]2(=O)=N[C@@H](c3ccccc3)CC2)cc1. The zero-order valence-corrected chi connectivity index (χ0v) is 24.4. The predicted octanol–water partition coefficient (Wildman–Crippen LogP) is 8.06. The minimum absolute atomic E-state index is 0.119. The molecule has 0 radical (unpaired) electrons. The van der Waals surface area contributed by atoms with E-state index in [1.54, 1.807) is 75.4 Å². The molecule has 5 rings (SSSR count). The Labute approximate surface area is 245 Å². The molecule has 1 aliphatic rings. The lowest BCUT2D eigenvalue weighted by molar-refractivity contribution is 0.0635. The molecule has 2 N–H and O–H groups in total. The molecule has 0 saturated carbocycles. The van der Waals surface area contributed by atoms with Gasteiger partial charge in [-0.15, -0.1) is 0 Å². The number of nitrogens with zero attached hydrogens (tertiary/aromatic N) is 1. The number of anilines is 2. The minimum Gasteiger partial charge on any atom is -0.444 e. The minimum atomic E-state index is -2.60. The average molecular weight is 586 g/mol. The Bertz CT molecular complexity index is 1720. The van der Waals surface area contributed by atoms with Crippen molar-refractivity contribution in [3.05, 3.63) is 114 Å². The lowest BCUT2D eigenvalue weighted by Crippen LogP contribution is -2.27. The van der Waals surface area contributed by atoms with Crippen LogP contribution in [0.15, 0.2) is 106 Å². The van der Waals surface area contributed by atoms with E-state index in [0.717, 1.165) is 11.1 Å². The van der Waals surface area contributed by atoms with E-state index in [-0.39, 0.29) is 11.9 Å². The summed E-state index contributed by atoms with van der Waals surface area (Å²) in [5.41, 5.74) is 2.78. The summed E-state index contributed by atoms with van der Waals surface area (Å²) in [5.74, 6) is -0.333. The Hall–Kier alpha value is -4.50. The molecular weight excluding hydrogens is 553 g/mol. The molecule has 7 nitrogen and oxygen atoms in total. The van der Waals surface area contributed by atoms with Crippen LogP contribution in [0.3, 0.4) is 0 Å². The van der Waals surface area contributed by atoms with Gasteiger partial charge in [0.2, 0.25) is 0 Å². The van der Waals surface area contributed by atoms with E-state index >= 15 is 0 Å². The number of amides is 2. The number of carbonyl (C=O) groups is 2. The molecule has 0 spiro atoms. The molecule has 1 heterocycles. The van der Waals surface area contributed by atoms with Gasteiger partial charge in [-0.25, -0.2) is 17.8 Å². The first kappa shape index (κ1) is 29.0. The van der Waals surface area contributed by atoms with E-state index in [1.807, 2.05) is 30.3 Å². The van der Waals surface area contributed by atoms with E-state index in [2.05, 4.69) is 15.0 Å². The first-order valence-electron chi connectivity index (χ1n) is 13.6. The molecule has 2 atom stereocenters. The van der Waals surface area contributed by atoms with Crippen LogP contribution in [0.25, 0.3) is 11.1 Å². The second-order valence-corrected chi connectivity index (χ2v) is 13.4. The maximum Gasteiger partial charge on any atom is 0.412 e. The Morgan fingerprint density at radius 1 is 0.857 bits per heavy atom. The van der Waals surface area contributed by atoms with Gasteiger partial charge in [0.25, 0.3) is 5.91 Å². The number of carbonyl (C=O) groups excluding carboxylic acids is 2. The van der Waals surface area contributed by atoms with Crippen molar-refractivity contribution in [2.45, 2.75) is 43.7 Å². The van der Waals surface area contributed by atoms with Crippen molar-refractivity contribution in [3.63, 3.8) is 0 Å². The fourth-order valence-corrected chi connectivity index (χ4v) is 6.87. The van der Waals surface area contributed by atoms with Crippen molar-refractivity contribution in [2.75, 3.05) is 16.4 Å². The monoisotopic (exact) mass is 585 g/mol. The third kappa shape index (κ3) is 6.86. The summed E-state index contributed by atoms with van der Waals surface area (Å²) in [7, 11) is -2.60. The standard InChI is InChI=1S/C33H32FN3O4S/c1-33(2,3)41-32(39)36-29-18-13-25(22-9-14-26(34)15-10-22)21-30(29)35-31(38)24-11-16-27(17-12-24)42(40)20-19-28(37-42)23-7-5-4-6-8-23/h4-18,21,28H,19-20H2,1-3H3,(H,35,38)(H,36,39)/t28-,42-/m1/s1. The molecule has 0 unspecified atom stereocenters. The van der Waals surface area contributed by atoms with Crippen LogP contribution < -0.4 is 10.6 Å². The van der Waals surface area contributed by atoms with Gasteiger partial charge in [0, 0.05) is 16.2 Å². The lowest BCUT2D eigenvalue weighted by atomic mass is 10.0. The highest BCUT2D eigenvalue weighted by Gasteiger charge is 2.26. The van der Waals surface area contributed by atoms with Gasteiger partial charge in [0.1, 0.15) is 11.4 Å². The van der Waals surface area contributed by atoms with E-state index in [9.17, 15) is 18.2 Å². The van der Waals surface area contributed by atoms with Crippen molar-refractivity contribution in [1.82, 2.24) is 0 Å². The molecule has 216 valence electrons. The first-order chi connectivity index (χ1) is 20.0. The van der Waals surface area contributed by atoms with Crippen LogP contribution >= 0.6 is 0 Å². The highest BCUT2D eigenvalue weighted by molar-refractivity contribution is 7.93. The summed E-state index contributed by atoms with van der Waals surface area (Å²) < 4.78 is 37.2. The Morgan fingerprint density at radius 2 is 1.52 bits per heavy atom. The molecule has 0 aliphatic carbocycles. The lowest BCUT2D eigenvalue weighted by Gasteiger charge is -2.21. The van der Waals surface area contributed by atoms with Crippen LogP contribution in [0, 0.1) is 5.82 Å². The molecule has 1 aliphatic heterocycles. The van der Waals surface area contributed by atoms with Crippen LogP contribution in [0.5, 0.6) is 0 Å². The summed E-state index contributed by atoms with van der Waals surface area (Å²) in [6.07, 6.45) is 0.0258. The van der Waals surface area contributed by atoms with Crippen LogP contribution in [-0.2, 0) is 14.5 Å². The van der Waals surface area contributed by atoms with E-state index in [1.165, 1.54) is 12.1 Å². The number of nitrogens with one attached hydrogen (secondary N) is 2. The fraction of sp³-hybridized carbons (Fsp3) is 0.212. The highest BCUT2D eigenvalue weighted by atomic mass is 32.2. The number of benzene rings is 4. The summed E-state index contributed by atoms with van der Waals surface area (Å²) in [6, 6.07) is 27.4. The number of hydrogen-bond acceptors (Lipinski definition) is 5. The number of halogens is 1. The van der Waals surface area contributed by atoms with Crippen molar-refractivity contribution in [2.24, 2.45) is 4.36 Å². The van der Waals surface area contributed by atoms with Gasteiger partial charge in [0.15, 0.2) is 0 Å². The zero-order chi connectivity index (χ0) is 29.9. The molecule has 0 bridgehead atoms. The third-order valence-electron chi connectivity index (χ3n) is 6.72. The number of hydrogen-bond donors (Lipinski definition) is 2. The van der Waals surface area contributed by atoms with E-state index < -0.39 is 27.3 Å². The molecule has 0 aromatic heterocycles. The molecular formula is C33H32FN3O4S. The smallest absolute Gasteiger partial charge is 0.412 e. The van der Waals surface area contributed by atoms with Gasteiger partial charge in [0.05, 0.1) is 27.1 Å². The van der Waals surface area contributed by atoms with Crippen molar-refractivity contribution < 1.29 is 22.9 Å². The quantitative estimate of drug-likeness (QED) is 0.239. The maximum atomic E-state index is 13.6. The van der Waals surface area contributed by atoms with Crippen molar-refractivity contribution >= 4 is 33.1 Å². The van der Waals surface area contributed by atoms with Gasteiger partial charge in [-0.1, -0.05) is 48.5 Å². The van der Waals surface area contributed by atoms with Crippen LogP contribution in [0.2, 0.25) is 0 Å². The molecule has 42 heavy (non-hydrogen) atoms. The first-order valence-corrected chi connectivity index (χ1v) is 15.3. The van der Waals surface area contributed by atoms with Crippen LogP contribution in [-0.4, -0.2) is 27.6 Å². The highest BCUT2D eigenvalue weighted by Crippen LogP contribution is 2.34. The molecule has 2 amide bonds.